The Morgan fingerprint density at radius 2 is 1.69 bits per heavy atom. The van der Waals surface area contributed by atoms with Crippen LogP contribution in [0, 0.1) is 11.8 Å². The molecule has 2 amide bonds. The van der Waals surface area contributed by atoms with Gasteiger partial charge in [0.15, 0.2) is 0 Å². The number of carbonyl (C=O) groups is 2. The van der Waals surface area contributed by atoms with Crippen LogP contribution in [-0.2, 0) is 9.59 Å². The summed E-state index contributed by atoms with van der Waals surface area (Å²) >= 11 is 0. The van der Waals surface area contributed by atoms with Gasteiger partial charge in [0, 0.05) is 19.0 Å². The number of carbonyl (C=O) groups excluding carboxylic acids is 2. The Balaban J connectivity index is 4.00. The summed E-state index contributed by atoms with van der Waals surface area (Å²) in [6.07, 6.45) is 0. The van der Waals surface area contributed by atoms with Gasteiger partial charge in [-0.05, 0) is 12.8 Å². The van der Waals surface area contributed by atoms with Crippen LogP contribution >= 0.6 is 0 Å². The highest BCUT2D eigenvalue weighted by Crippen LogP contribution is 1.94. The molecule has 0 aromatic rings. The van der Waals surface area contributed by atoms with Gasteiger partial charge < -0.3 is 16.4 Å². The number of nitrogens with two attached hydrogens (primary N) is 1. The van der Waals surface area contributed by atoms with Crippen molar-refractivity contribution in [3.8, 4) is 0 Å². The molecule has 0 fully saturated rings. The fraction of sp³-hybridized carbons (Fsp3) is 0.818. The fourth-order valence-electron chi connectivity index (χ4n) is 0.986. The maximum absolute atomic E-state index is 11.5. The lowest BCUT2D eigenvalue weighted by Crippen LogP contribution is -2.47. The van der Waals surface area contributed by atoms with Crippen LogP contribution in [0.5, 0.6) is 0 Å². The predicted molar refractivity (Wildman–Crippen MR) is 63.7 cm³/mol. The summed E-state index contributed by atoms with van der Waals surface area (Å²) in [4.78, 5) is 23.0. The molecule has 2 unspecified atom stereocenters. The molecule has 0 rings (SSSR count). The van der Waals surface area contributed by atoms with E-state index in [1.54, 1.807) is 13.8 Å². The Labute approximate surface area is 97.2 Å². The molecule has 0 aromatic heterocycles. The first-order valence-electron chi connectivity index (χ1n) is 5.66. The van der Waals surface area contributed by atoms with E-state index in [1.807, 2.05) is 13.8 Å². The third-order valence-corrected chi connectivity index (χ3v) is 2.24. The van der Waals surface area contributed by atoms with Gasteiger partial charge in [0.1, 0.15) is 6.04 Å². The topological polar surface area (TPSA) is 84.2 Å². The van der Waals surface area contributed by atoms with Crippen molar-refractivity contribution in [3.63, 3.8) is 0 Å². The van der Waals surface area contributed by atoms with Crippen molar-refractivity contribution in [1.29, 1.82) is 0 Å². The first-order chi connectivity index (χ1) is 7.38. The minimum Gasteiger partial charge on any atom is -0.354 e. The predicted octanol–water partition coefficient (Wildman–Crippen LogP) is -0.142. The number of amides is 2. The molecule has 5 heteroatoms. The van der Waals surface area contributed by atoms with Crippen LogP contribution in [0.25, 0.3) is 0 Å². The minimum atomic E-state index is -0.514. The standard InChI is InChI=1S/C11H23N3O2/c1-7(2)6-13-11(16)9(4)14-10(15)8(3)5-12/h7-9H,5-6,12H2,1-4H3,(H,13,16)(H,14,15). The van der Waals surface area contributed by atoms with Gasteiger partial charge in [-0.1, -0.05) is 20.8 Å². The van der Waals surface area contributed by atoms with E-state index in [-0.39, 0.29) is 24.3 Å². The van der Waals surface area contributed by atoms with Crippen molar-refractivity contribution >= 4 is 11.8 Å². The van der Waals surface area contributed by atoms with Crippen LogP contribution in [0.4, 0.5) is 0 Å². The molecule has 2 atom stereocenters. The Morgan fingerprint density at radius 1 is 1.12 bits per heavy atom. The highest BCUT2D eigenvalue weighted by Gasteiger charge is 2.18. The van der Waals surface area contributed by atoms with Crippen molar-refractivity contribution in [1.82, 2.24) is 10.6 Å². The molecule has 0 saturated heterocycles. The van der Waals surface area contributed by atoms with E-state index < -0.39 is 6.04 Å². The SMILES string of the molecule is CC(C)CNC(=O)C(C)NC(=O)C(C)CN. The first kappa shape index (κ1) is 14.9. The molecule has 5 nitrogen and oxygen atoms in total. The monoisotopic (exact) mass is 229 g/mol. The second-order valence-electron chi connectivity index (χ2n) is 4.51. The molecule has 4 N–H and O–H groups in total. The van der Waals surface area contributed by atoms with Gasteiger partial charge in [-0.25, -0.2) is 0 Å². The Morgan fingerprint density at radius 3 is 2.12 bits per heavy atom. The van der Waals surface area contributed by atoms with Crippen molar-refractivity contribution in [2.45, 2.75) is 33.7 Å². The van der Waals surface area contributed by atoms with Gasteiger partial charge in [0.05, 0.1) is 0 Å². The summed E-state index contributed by atoms with van der Waals surface area (Å²) in [6, 6.07) is -0.514. The lowest BCUT2D eigenvalue weighted by Gasteiger charge is -2.17. The highest BCUT2D eigenvalue weighted by atomic mass is 16.2. The number of hydrogen-bond donors (Lipinski definition) is 3. The summed E-state index contributed by atoms with van der Waals surface area (Å²) < 4.78 is 0. The zero-order valence-electron chi connectivity index (χ0n) is 10.5. The zero-order valence-corrected chi connectivity index (χ0v) is 10.5. The van der Waals surface area contributed by atoms with Crippen LogP contribution in [0.1, 0.15) is 27.7 Å². The van der Waals surface area contributed by atoms with Crippen molar-refractivity contribution in [2.75, 3.05) is 13.1 Å². The number of hydrogen-bond acceptors (Lipinski definition) is 3. The molecular weight excluding hydrogens is 206 g/mol. The van der Waals surface area contributed by atoms with Gasteiger partial charge in [-0.3, -0.25) is 9.59 Å². The van der Waals surface area contributed by atoms with E-state index in [9.17, 15) is 9.59 Å². The normalized spacial score (nSPS) is 14.4. The van der Waals surface area contributed by atoms with E-state index in [1.165, 1.54) is 0 Å². The van der Waals surface area contributed by atoms with E-state index in [2.05, 4.69) is 10.6 Å². The Hall–Kier alpha value is -1.10. The summed E-state index contributed by atoms with van der Waals surface area (Å²) in [6.45, 7) is 8.32. The Bertz CT molecular complexity index is 241. The van der Waals surface area contributed by atoms with Crippen LogP contribution < -0.4 is 16.4 Å². The molecule has 0 heterocycles. The van der Waals surface area contributed by atoms with Gasteiger partial charge in [0.25, 0.3) is 0 Å². The third-order valence-electron chi connectivity index (χ3n) is 2.24. The summed E-state index contributed by atoms with van der Waals surface area (Å²) in [5, 5.41) is 5.38. The molecule has 0 bridgehead atoms. The van der Waals surface area contributed by atoms with E-state index in [0.29, 0.717) is 12.5 Å². The second kappa shape index (κ2) is 7.22. The van der Waals surface area contributed by atoms with E-state index in [0.717, 1.165) is 0 Å². The highest BCUT2D eigenvalue weighted by molar-refractivity contribution is 5.88. The third kappa shape index (κ3) is 5.70. The minimum absolute atomic E-state index is 0.161. The van der Waals surface area contributed by atoms with Crippen molar-refractivity contribution < 1.29 is 9.59 Å². The number of rotatable bonds is 6. The molecule has 0 radical (unpaired) electrons. The molecule has 0 aliphatic carbocycles. The molecule has 0 aliphatic heterocycles. The Kier molecular flexibility index (Phi) is 6.72. The lowest BCUT2D eigenvalue weighted by atomic mass is 10.1. The average molecular weight is 229 g/mol. The van der Waals surface area contributed by atoms with Crippen molar-refractivity contribution in [2.24, 2.45) is 17.6 Å². The molecule has 0 aliphatic rings. The lowest BCUT2D eigenvalue weighted by molar-refractivity contribution is -0.130. The molecular formula is C11H23N3O2. The molecule has 0 spiro atoms. The largest absolute Gasteiger partial charge is 0.354 e. The molecule has 0 saturated carbocycles. The fourth-order valence-corrected chi connectivity index (χ4v) is 0.986. The number of nitrogens with one attached hydrogen (secondary N) is 2. The van der Waals surface area contributed by atoms with Crippen LogP contribution in [0.15, 0.2) is 0 Å². The smallest absolute Gasteiger partial charge is 0.242 e. The van der Waals surface area contributed by atoms with Crippen LogP contribution in [-0.4, -0.2) is 30.9 Å². The van der Waals surface area contributed by atoms with Crippen molar-refractivity contribution in [3.05, 3.63) is 0 Å². The van der Waals surface area contributed by atoms with Crippen LogP contribution in [0.3, 0.4) is 0 Å². The van der Waals surface area contributed by atoms with Gasteiger partial charge in [-0.15, -0.1) is 0 Å². The summed E-state index contributed by atoms with van der Waals surface area (Å²) in [5.74, 6) is -0.212. The molecule has 94 valence electrons. The van der Waals surface area contributed by atoms with Crippen LogP contribution in [0.2, 0.25) is 0 Å². The summed E-state index contributed by atoms with van der Waals surface area (Å²) in [5.41, 5.74) is 5.36. The maximum atomic E-state index is 11.5. The maximum Gasteiger partial charge on any atom is 0.242 e. The average Bonchev–Trinajstić information content (AvgIpc) is 2.24. The van der Waals surface area contributed by atoms with Gasteiger partial charge in [-0.2, -0.15) is 0 Å². The quantitative estimate of drug-likeness (QED) is 0.592. The van der Waals surface area contributed by atoms with Gasteiger partial charge >= 0.3 is 0 Å². The second-order valence-corrected chi connectivity index (χ2v) is 4.51. The first-order valence-corrected chi connectivity index (χ1v) is 5.66. The molecule has 16 heavy (non-hydrogen) atoms. The van der Waals surface area contributed by atoms with E-state index >= 15 is 0 Å². The molecule has 0 aromatic carbocycles. The van der Waals surface area contributed by atoms with E-state index in [4.69, 9.17) is 5.73 Å². The van der Waals surface area contributed by atoms with Gasteiger partial charge in [0.2, 0.25) is 11.8 Å². The zero-order chi connectivity index (χ0) is 12.7. The summed E-state index contributed by atoms with van der Waals surface area (Å²) in [7, 11) is 0.